The Morgan fingerprint density at radius 1 is 1.18 bits per heavy atom. The minimum Gasteiger partial charge on any atom is -0.461 e. The molecule has 0 aromatic heterocycles. The van der Waals surface area contributed by atoms with Gasteiger partial charge in [-0.05, 0) is 44.4 Å². The van der Waals surface area contributed by atoms with E-state index in [0.717, 1.165) is 25.2 Å². The van der Waals surface area contributed by atoms with E-state index in [9.17, 15) is 4.79 Å². The van der Waals surface area contributed by atoms with Crippen LogP contribution in [0.5, 0.6) is 0 Å². The van der Waals surface area contributed by atoms with Gasteiger partial charge in [0.2, 0.25) is 0 Å². The first-order valence-corrected chi connectivity index (χ1v) is 4.46. The molecule has 0 amide bonds. The van der Waals surface area contributed by atoms with Crippen LogP contribution in [0.15, 0.2) is 0 Å². The summed E-state index contributed by atoms with van der Waals surface area (Å²) in [6, 6.07) is 0. The van der Waals surface area contributed by atoms with Crippen molar-refractivity contribution in [1.29, 1.82) is 0 Å². The number of hydrogen-bond acceptors (Lipinski definition) is 2. The Kier molecular flexibility index (Phi) is 1.63. The molecule has 11 heavy (non-hydrogen) atoms. The van der Waals surface area contributed by atoms with Crippen LogP contribution in [0.25, 0.3) is 0 Å². The van der Waals surface area contributed by atoms with Gasteiger partial charge in [-0.2, -0.15) is 0 Å². The van der Waals surface area contributed by atoms with Crippen LogP contribution in [0.1, 0.15) is 38.5 Å². The first-order valence-electron chi connectivity index (χ1n) is 4.46. The molecule has 0 saturated heterocycles. The van der Waals surface area contributed by atoms with E-state index < -0.39 is 0 Å². The summed E-state index contributed by atoms with van der Waals surface area (Å²) in [7, 11) is 0. The van der Waals surface area contributed by atoms with Crippen molar-refractivity contribution < 1.29 is 9.53 Å². The molecule has 0 unspecified atom stereocenters. The lowest BCUT2D eigenvalue weighted by atomic mass is 9.68. The van der Waals surface area contributed by atoms with Crippen molar-refractivity contribution in [3.05, 3.63) is 0 Å². The molecule has 0 spiro atoms. The predicted octanol–water partition coefficient (Wildman–Crippen LogP) is 1.88. The molecule has 0 aromatic rings. The van der Waals surface area contributed by atoms with Gasteiger partial charge in [-0.1, -0.05) is 0 Å². The third kappa shape index (κ3) is 1.15. The topological polar surface area (TPSA) is 26.3 Å². The van der Waals surface area contributed by atoms with Crippen LogP contribution >= 0.6 is 0 Å². The largest absolute Gasteiger partial charge is 0.461 e. The lowest BCUT2D eigenvalue weighted by molar-refractivity contribution is -0.154. The van der Waals surface area contributed by atoms with Crippen molar-refractivity contribution in [2.24, 2.45) is 5.92 Å². The Morgan fingerprint density at radius 3 is 2.18 bits per heavy atom. The van der Waals surface area contributed by atoms with Gasteiger partial charge in [0.25, 0.3) is 6.47 Å². The zero-order valence-corrected chi connectivity index (χ0v) is 6.71. The van der Waals surface area contributed by atoms with Crippen LogP contribution in [-0.4, -0.2) is 12.1 Å². The van der Waals surface area contributed by atoms with E-state index in [1.807, 2.05) is 0 Å². The highest BCUT2D eigenvalue weighted by Crippen LogP contribution is 2.45. The molecule has 0 aromatic carbocycles. The van der Waals surface area contributed by atoms with Gasteiger partial charge in [0.1, 0.15) is 5.60 Å². The lowest BCUT2D eigenvalue weighted by Crippen LogP contribution is -2.42. The minimum absolute atomic E-state index is 0.0312. The Labute approximate surface area is 66.9 Å². The fourth-order valence-electron chi connectivity index (χ4n) is 2.49. The maximum absolute atomic E-state index is 10.2. The monoisotopic (exact) mass is 154 g/mol. The minimum atomic E-state index is -0.0312. The molecule has 3 aliphatic rings. The van der Waals surface area contributed by atoms with Crippen LogP contribution in [0.3, 0.4) is 0 Å². The van der Waals surface area contributed by atoms with Crippen LogP contribution in [-0.2, 0) is 9.53 Å². The van der Waals surface area contributed by atoms with Gasteiger partial charge in [0.15, 0.2) is 0 Å². The van der Waals surface area contributed by atoms with Crippen LogP contribution < -0.4 is 0 Å². The highest BCUT2D eigenvalue weighted by molar-refractivity contribution is 5.38. The SMILES string of the molecule is O=COC12CCC(CC1)CC2. The summed E-state index contributed by atoms with van der Waals surface area (Å²) < 4.78 is 5.18. The molecule has 0 atom stereocenters. The number of fused-ring (bicyclic) bond motifs is 3. The van der Waals surface area contributed by atoms with Crippen molar-refractivity contribution in [2.45, 2.75) is 44.1 Å². The zero-order chi connectivity index (χ0) is 7.73. The molecule has 2 heteroatoms. The molecule has 3 saturated carbocycles. The number of carbonyl (C=O) groups excluding carboxylic acids is 1. The van der Waals surface area contributed by atoms with Crippen LogP contribution in [0, 0.1) is 5.92 Å². The second-order valence-electron chi connectivity index (χ2n) is 3.88. The molecule has 3 rings (SSSR count). The maximum atomic E-state index is 10.2. The van der Waals surface area contributed by atoms with Gasteiger partial charge in [0, 0.05) is 0 Å². The molecule has 0 aliphatic heterocycles. The van der Waals surface area contributed by atoms with Gasteiger partial charge in [-0.3, -0.25) is 4.79 Å². The number of ether oxygens (including phenoxy) is 1. The molecule has 3 aliphatic carbocycles. The zero-order valence-electron chi connectivity index (χ0n) is 6.71. The van der Waals surface area contributed by atoms with Crippen LogP contribution in [0.4, 0.5) is 0 Å². The van der Waals surface area contributed by atoms with E-state index in [1.165, 1.54) is 19.3 Å². The third-order valence-corrected chi connectivity index (χ3v) is 3.32. The van der Waals surface area contributed by atoms with Crippen molar-refractivity contribution in [3.63, 3.8) is 0 Å². The Morgan fingerprint density at radius 2 is 1.73 bits per heavy atom. The normalized spacial score (nSPS) is 42.0. The van der Waals surface area contributed by atoms with E-state index in [4.69, 9.17) is 4.74 Å². The quantitative estimate of drug-likeness (QED) is 0.568. The average Bonchev–Trinajstić information content (AvgIpc) is 2.07. The summed E-state index contributed by atoms with van der Waals surface area (Å²) in [4.78, 5) is 10.2. The number of rotatable bonds is 2. The summed E-state index contributed by atoms with van der Waals surface area (Å²) in [5.41, 5.74) is -0.0312. The summed E-state index contributed by atoms with van der Waals surface area (Å²) in [6.07, 6.45) is 7.14. The smallest absolute Gasteiger partial charge is 0.293 e. The Hall–Kier alpha value is -0.530. The van der Waals surface area contributed by atoms with E-state index in [2.05, 4.69) is 0 Å². The Bertz CT molecular complexity index is 143. The third-order valence-electron chi connectivity index (χ3n) is 3.32. The number of hydrogen-bond donors (Lipinski definition) is 0. The molecule has 2 nitrogen and oxygen atoms in total. The van der Waals surface area contributed by atoms with Crippen LogP contribution in [0.2, 0.25) is 0 Å². The highest BCUT2D eigenvalue weighted by atomic mass is 16.5. The van der Waals surface area contributed by atoms with E-state index in [0.29, 0.717) is 6.47 Å². The lowest BCUT2D eigenvalue weighted by Gasteiger charge is -2.44. The molecule has 3 fully saturated rings. The number of carbonyl (C=O) groups is 1. The first-order chi connectivity index (χ1) is 5.35. The first kappa shape index (κ1) is 7.14. The Balaban J connectivity index is 2.05. The molecular formula is C9H14O2. The van der Waals surface area contributed by atoms with Crippen molar-refractivity contribution >= 4 is 6.47 Å². The molecule has 0 N–H and O–H groups in total. The fraction of sp³-hybridized carbons (Fsp3) is 0.889. The summed E-state index contributed by atoms with van der Waals surface area (Å²) in [5, 5.41) is 0. The summed E-state index contributed by atoms with van der Waals surface area (Å²) in [5.74, 6) is 0.937. The highest BCUT2D eigenvalue weighted by Gasteiger charge is 2.41. The van der Waals surface area contributed by atoms with Gasteiger partial charge in [0.05, 0.1) is 0 Å². The van der Waals surface area contributed by atoms with E-state index in [-0.39, 0.29) is 5.60 Å². The second-order valence-corrected chi connectivity index (χ2v) is 3.88. The average molecular weight is 154 g/mol. The van der Waals surface area contributed by atoms with Gasteiger partial charge in [-0.15, -0.1) is 0 Å². The standard InChI is InChI=1S/C9H14O2/c10-7-11-9-4-1-8(2-5-9)3-6-9/h7-8H,1-6H2. The van der Waals surface area contributed by atoms with E-state index in [1.54, 1.807) is 0 Å². The fourth-order valence-corrected chi connectivity index (χ4v) is 2.49. The summed E-state index contributed by atoms with van der Waals surface area (Å²) >= 11 is 0. The molecule has 2 bridgehead atoms. The molecular weight excluding hydrogens is 140 g/mol. The van der Waals surface area contributed by atoms with Crippen molar-refractivity contribution in [3.8, 4) is 0 Å². The van der Waals surface area contributed by atoms with E-state index >= 15 is 0 Å². The predicted molar refractivity (Wildman–Crippen MR) is 41.1 cm³/mol. The van der Waals surface area contributed by atoms with Gasteiger partial charge >= 0.3 is 0 Å². The summed E-state index contributed by atoms with van der Waals surface area (Å²) in [6.45, 7) is 0.631. The van der Waals surface area contributed by atoms with Crippen molar-refractivity contribution in [1.82, 2.24) is 0 Å². The molecule has 0 radical (unpaired) electrons. The van der Waals surface area contributed by atoms with Gasteiger partial charge < -0.3 is 4.74 Å². The van der Waals surface area contributed by atoms with Gasteiger partial charge in [-0.25, -0.2) is 0 Å². The van der Waals surface area contributed by atoms with Crippen molar-refractivity contribution in [2.75, 3.05) is 0 Å². The molecule has 0 heterocycles. The second kappa shape index (κ2) is 2.50. The molecule has 62 valence electrons. The maximum Gasteiger partial charge on any atom is 0.293 e.